The van der Waals surface area contributed by atoms with Crippen LogP contribution in [0.1, 0.15) is 70.7 Å². The van der Waals surface area contributed by atoms with Crippen molar-refractivity contribution in [2.75, 3.05) is 18.4 Å². The van der Waals surface area contributed by atoms with Crippen LogP contribution in [0.2, 0.25) is 5.28 Å². The number of thiazole rings is 1. The Morgan fingerprint density at radius 2 is 1.82 bits per heavy atom. The average Bonchev–Trinajstić information content (AvgIpc) is 3.13. The molecular formula is C21H32ClN5S. The van der Waals surface area contributed by atoms with Crippen molar-refractivity contribution in [1.82, 2.24) is 19.9 Å². The van der Waals surface area contributed by atoms with Crippen molar-refractivity contribution < 1.29 is 0 Å². The molecule has 0 aromatic carbocycles. The summed E-state index contributed by atoms with van der Waals surface area (Å²) in [5.74, 6) is 0.811. The number of likely N-dealkylation sites (tertiary alicyclic amines) is 1. The molecule has 2 fully saturated rings. The fourth-order valence-corrected chi connectivity index (χ4v) is 5.75. The van der Waals surface area contributed by atoms with Gasteiger partial charge in [0.25, 0.3) is 0 Å². The molecule has 0 spiro atoms. The largest absolute Gasteiger partial charge is 0.365 e. The molecule has 2 aromatic heterocycles. The lowest BCUT2D eigenvalue weighted by Crippen LogP contribution is -2.46. The van der Waals surface area contributed by atoms with Gasteiger partial charge in [0.15, 0.2) is 10.6 Å². The van der Waals surface area contributed by atoms with E-state index in [1.165, 1.54) is 58.0 Å². The Morgan fingerprint density at radius 1 is 1.11 bits per heavy atom. The highest BCUT2D eigenvalue weighted by Gasteiger charge is 2.33. The van der Waals surface area contributed by atoms with Crippen LogP contribution in [0.4, 0.5) is 5.82 Å². The fraction of sp³-hybridized carbons (Fsp3) is 0.762. The molecule has 0 amide bonds. The number of aryl methyl sites for hydroxylation is 1. The predicted molar refractivity (Wildman–Crippen MR) is 118 cm³/mol. The number of hydrogen-bond donors (Lipinski definition) is 1. The molecule has 154 valence electrons. The van der Waals surface area contributed by atoms with Crippen LogP contribution in [-0.2, 0) is 6.42 Å². The predicted octanol–water partition coefficient (Wildman–Crippen LogP) is 5.54. The summed E-state index contributed by atoms with van der Waals surface area (Å²) in [4.78, 5) is 17.2. The normalized spacial score (nSPS) is 25.9. The number of piperidine rings is 1. The lowest BCUT2D eigenvalue weighted by Gasteiger charge is -2.44. The minimum Gasteiger partial charge on any atom is -0.365 e. The Bertz CT molecular complexity index is 806. The summed E-state index contributed by atoms with van der Waals surface area (Å²) < 4.78 is 0. The van der Waals surface area contributed by atoms with Gasteiger partial charge in [-0.25, -0.2) is 9.97 Å². The van der Waals surface area contributed by atoms with Crippen LogP contribution in [0.5, 0.6) is 0 Å². The van der Waals surface area contributed by atoms with Crippen molar-refractivity contribution >= 4 is 39.1 Å². The van der Waals surface area contributed by atoms with Gasteiger partial charge in [-0.15, -0.1) is 0 Å². The summed E-state index contributed by atoms with van der Waals surface area (Å²) in [7, 11) is 0. The van der Waals surface area contributed by atoms with Crippen LogP contribution < -0.4 is 5.32 Å². The lowest BCUT2D eigenvalue weighted by molar-refractivity contribution is 0.0641. The third-order valence-electron chi connectivity index (χ3n) is 6.99. The van der Waals surface area contributed by atoms with Gasteiger partial charge in [0, 0.05) is 12.1 Å². The highest BCUT2D eigenvalue weighted by Crippen LogP contribution is 2.37. The summed E-state index contributed by atoms with van der Waals surface area (Å²) in [6, 6.07) is 1.20. The standard InChI is InChI=1S/C21H32ClN5S/c1-4-16-24-17-18(25-20(22)26-19(17)28-16)23-14-6-8-15(9-7-14)27-12-10-21(3,5-2)11-13-27/h14-15H,4-13H2,1-3H3,(H,23,25,26). The molecule has 0 radical (unpaired) electrons. The molecule has 1 saturated heterocycles. The first-order valence-corrected chi connectivity index (χ1v) is 12.0. The number of rotatable bonds is 5. The molecule has 0 unspecified atom stereocenters. The van der Waals surface area contributed by atoms with E-state index in [-0.39, 0.29) is 0 Å². The Hall–Kier alpha value is -0.980. The van der Waals surface area contributed by atoms with E-state index >= 15 is 0 Å². The van der Waals surface area contributed by atoms with Crippen molar-refractivity contribution in [1.29, 1.82) is 0 Å². The molecular weight excluding hydrogens is 390 g/mol. The number of aromatic nitrogens is 3. The second-order valence-electron chi connectivity index (χ2n) is 8.81. The third kappa shape index (κ3) is 4.29. The van der Waals surface area contributed by atoms with Gasteiger partial charge in [0.2, 0.25) is 5.28 Å². The van der Waals surface area contributed by atoms with E-state index in [1.807, 2.05) is 0 Å². The first-order valence-electron chi connectivity index (χ1n) is 10.8. The van der Waals surface area contributed by atoms with Crippen molar-refractivity contribution in [3.63, 3.8) is 0 Å². The molecule has 1 N–H and O–H groups in total. The van der Waals surface area contributed by atoms with E-state index in [2.05, 4.69) is 41.0 Å². The van der Waals surface area contributed by atoms with Gasteiger partial charge in [-0.05, 0) is 75.1 Å². The third-order valence-corrected chi connectivity index (χ3v) is 8.25. The van der Waals surface area contributed by atoms with Gasteiger partial charge in [-0.2, -0.15) is 4.98 Å². The fourth-order valence-electron chi connectivity index (χ4n) is 4.65. The van der Waals surface area contributed by atoms with Crippen LogP contribution in [0.3, 0.4) is 0 Å². The van der Waals surface area contributed by atoms with E-state index in [4.69, 9.17) is 16.6 Å². The van der Waals surface area contributed by atoms with E-state index < -0.39 is 0 Å². The number of nitrogens with one attached hydrogen (secondary N) is 1. The van der Waals surface area contributed by atoms with E-state index in [9.17, 15) is 0 Å². The zero-order valence-electron chi connectivity index (χ0n) is 17.3. The highest BCUT2D eigenvalue weighted by molar-refractivity contribution is 7.18. The topological polar surface area (TPSA) is 53.9 Å². The van der Waals surface area contributed by atoms with Crippen LogP contribution >= 0.6 is 22.9 Å². The molecule has 2 aliphatic rings. The Kier molecular flexibility index (Phi) is 6.09. The van der Waals surface area contributed by atoms with Gasteiger partial charge in [0.1, 0.15) is 5.52 Å². The number of fused-ring (bicyclic) bond motifs is 1. The summed E-state index contributed by atoms with van der Waals surface area (Å²) in [6.07, 6.45) is 9.81. The molecule has 7 heteroatoms. The zero-order valence-corrected chi connectivity index (χ0v) is 18.9. The minimum atomic E-state index is 0.308. The number of nitrogens with zero attached hydrogens (tertiary/aromatic N) is 4. The zero-order chi connectivity index (χ0) is 19.7. The van der Waals surface area contributed by atoms with Crippen LogP contribution in [-0.4, -0.2) is 45.0 Å². The van der Waals surface area contributed by atoms with Gasteiger partial charge < -0.3 is 10.2 Å². The SMILES string of the molecule is CCc1nc2c(NC3CCC(N4CCC(C)(CC)CC4)CC3)nc(Cl)nc2s1. The number of anilines is 1. The minimum absolute atomic E-state index is 0.308. The van der Waals surface area contributed by atoms with Gasteiger partial charge in [-0.3, -0.25) is 0 Å². The summed E-state index contributed by atoms with van der Waals surface area (Å²) in [6.45, 7) is 9.46. The molecule has 0 atom stereocenters. The van der Waals surface area contributed by atoms with Crippen molar-refractivity contribution in [2.45, 2.75) is 84.2 Å². The second kappa shape index (κ2) is 8.41. The first kappa shape index (κ1) is 20.3. The van der Waals surface area contributed by atoms with Gasteiger partial charge in [0.05, 0.1) is 5.01 Å². The maximum absolute atomic E-state index is 6.16. The van der Waals surface area contributed by atoms with Crippen molar-refractivity contribution in [3.8, 4) is 0 Å². The van der Waals surface area contributed by atoms with Crippen LogP contribution in [0.25, 0.3) is 10.3 Å². The van der Waals surface area contributed by atoms with Crippen molar-refractivity contribution in [3.05, 3.63) is 10.3 Å². The first-order chi connectivity index (χ1) is 13.5. The average molecular weight is 422 g/mol. The van der Waals surface area contributed by atoms with E-state index in [0.717, 1.165) is 33.6 Å². The smallest absolute Gasteiger partial charge is 0.225 e. The Morgan fingerprint density at radius 3 is 2.46 bits per heavy atom. The van der Waals surface area contributed by atoms with Gasteiger partial charge >= 0.3 is 0 Å². The molecule has 0 bridgehead atoms. The molecule has 1 aliphatic heterocycles. The summed E-state index contributed by atoms with van der Waals surface area (Å²) in [5, 5.41) is 5.03. The second-order valence-corrected chi connectivity index (χ2v) is 10.2. The Labute approximate surface area is 177 Å². The number of hydrogen-bond acceptors (Lipinski definition) is 6. The van der Waals surface area contributed by atoms with E-state index in [1.54, 1.807) is 11.3 Å². The number of halogens is 1. The molecule has 1 saturated carbocycles. The summed E-state index contributed by atoms with van der Waals surface area (Å²) >= 11 is 7.78. The molecule has 2 aromatic rings. The monoisotopic (exact) mass is 421 g/mol. The molecule has 4 rings (SSSR count). The molecule has 5 nitrogen and oxygen atoms in total. The summed E-state index contributed by atoms with van der Waals surface area (Å²) in [5.41, 5.74) is 1.45. The molecule has 28 heavy (non-hydrogen) atoms. The molecule has 3 heterocycles. The maximum Gasteiger partial charge on any atom is 0.225 e. The molecule has 1 aliphatic carbocycles. The van der Waals surface area contributed by atoms with Crippen molar-refractivity contribution in [2.24, 2.45) is 5.41 Å². The lowest BCUT2D eigenvalue weighted by atomic mass is 9.77. The van der Waals surface area contributed by atoms with Gasteiger partial charge in [-0.1, -0.05) is 38.5 Å². The Balaban J connectivity index is 1.36. The van der Waals surface area contributed by atoms with E-state index in [0.29, 0.717) is 16.7 Å². The van der Waals surface area contributed by atoms with Crippen LogP contribution in [0, 0.1) is 5.41 Å². The maximum atomic E-state index is 6.16. The highest BCUT2D eigenvalue weighted by atomic mass is 35.5. The van der Waals surface area contributed by atoms with Crippen LogP contribution in [0.15, 0.2) is 0 Å². The quantitative estimate of drug-likeness (QED) is 0.642.